The van der Waals surface area contributed by atoms with Crippen LogP contribution in [0.4, 0.5) is 4.79 Å². The van der Waals surface area contributed by atoms with E-state index >= 15 is 0 Å². The van der Waals surface area contributed by atoms with Gasteiger partial charge in [-0.25, -0.2) is 10.2 Å². The van der Waals surface area contributed by atoms with Crippen LogP contribution in [0.5, 0.6) is 11.5 Å². The van der Waals surface area contributed by atoms with Crippen LogP contribution in [0.3, 0.4) is 0 Å². The molecule has 7 heteroatoms. The summed E-state index contributed by atoms with van der Waals surface area (Å²) in [4.78, 5) is 10.4. The van der Waals surface area contributed by atoms with Gasteiger partial charge in [-0.3, -0.25) is 0 Å². The number of ether oxygens (including phenoxy) is 2. The Morgan fingerprint density at radius 2 is 2.24 bits per heavy atom. The quantitative estimate of drug-likeness (QED) is 0.636. The SMILES string of the molecule is NC(=O)NN=Cc1cc(Br)c2c(c1)OCCO2. The maximum Gasteiger partial charge on any atom is 0.332 e. The molecule has 1 aliphatic heterocycles. The smallest absolute Gasteiger partial charge is 0.332 e. The number of halogens is 1. The monoisotopic (exact) mass is 299 g/mol. The molecule has 0 aliphatic carbocycles. The highest BCUT2D eigenvalue weighted by molar-refractivity contribution is 9.10. The number of hydrogen-bond acceptors (Lipinski definition) is 4. The molecule has 0 bridgehead atoms. The first-order valence-corrected chi connectivity index (χ1v) is 5.64. The third-order valence-corrected chi connectivity index (χ3v) is 2.60. The van der Waals surface area contributed by atoms with Crippen molar-refractivity contribution in [2.45, 2.75) is 0 Å². The number of hydrogen-bond donors (Lipinski definition) is 2. The fourth-order valence-electron chi connectivity index (χ4n) is 1.38. The highest BCUT2D eigenvalue weighted by Crippen LogP contribution is 2.38. The molecule has 0 atom stereocenters. The fraction of sp³-hybridized carbons (Fsp3) is 0.200. The fourth-order valence-corrected chi connectivity index (χ4v) is 1.95. The van der Waals surface area contributed by atoms with E-state index in [1.165, 1.54) is 6.21 Å². The van der Waals surface area contributed by atoms with Crippen LogP contribution in [0.2, 0.25) is 0 Å². The van der Waals surface area contributed by atoms with E-state index in [4.69, 9.17) is 15.2 Å². The first-order chi connectivity index (χ1) is 8.16. The van der Waals surface area contributed by atoms with Crippen LogP contribution in [0.1, 0.15) is 5.56 Å². The molecule has 0 radical (unpaired) electrons. The Morgan fingerprint density at radius 3 is 3.00 bits per heavy atom. The molecule has 17 heavy (non-hydrogen) atoms. The van der Waals surface area contributed by atoms with E-state index in [0.717, 1.165) is 10.0 Å². The molecule has 0 unspecified atom stereocenters. The number of fused-ring (bicyclic) bond motifs is 1. The third kappa shape index (κ3) is 2.88. The number of amides is 2. The van der Waals surface area contributed by atoms with Gasteiger partial charge in [0.2, 0.25) is 0 Å². The van der Waals surface area contributed by atoms with Gasteiger partial charge in [-0.1, -0.05) is 0 Å². The second-order valence-corrected chi connectivity index (χ2v) is 4.12. The van der Waals surface area contributed by atoms with E-state index in [1.54, 1.807) is 12.1 Å². The minimum atomic E-state index is -0.710. The largest absolute Gasteiger partial charge is 0.486 e. The lowest BCUT2D eigenvalue weighted by Crippen LogP contribution is -2.24. The molecule has 0 spiro atoms. The number of primary amides is 1. The van der Waals surface area contributed by atoms with Gasteiger partial charge in [0.05, 0.1) is 10.7 Å². The van der Waals surface area contributed by atoms with Crippen molar-refractivity contribution in [1.82, 2.24) is 5.43 Å². The van der Waals surface area contributed by atoms with Crippen LogP contribution in [0.25, 0.3) is 0 Å². The number of nitrogens with two attached hydrogens (primary N) is 1. The molecule has 3 N–H and O–H groups in total. The van der Waals surface area contributed by atoms with E-state index in [1.807, 2.05) is 0 Å². The number of hydrazone groups is 1. The first kappa shape index (κ1) is 11.7. The number of carbonyl (C=O) groups excluding carboxylic acids is 1. The van der Waals surface area contributed by atoms with Crippen molar-refractivity contribution in [2.75, 3.05) is 13.2 Å². The lowest BCUT2D eigenvalue weighted by molar-refractivity contribution is 0.170. The molecule has 1 aliphatic rings. The predicted octanol–water partition coefficient (Wildman–Crippen LogP) is 1.22. The Labute approximate surface area is 106 Å². The second kappa shape index (κ2) is 5.05. The summed E-state index contributed by atoms with van der Waals surface area (Å²) < 4.78 is 11.7. The Bertz CT molecular complexity index is 476. The van der Waals surface area contributed by atoms with Gasteiger partial charge in [-0.05, 0) is 33.6 Å². The maximum atomic E-state index is 10.4. The molecular weight excluding hydrogens is 290 g/mol. The van der Waals surface area contributed by atoms with Crippen molar-refractivity contribution < 1.29 is 14.3 Å². The summed E-state index contributed by atoms with van der Waals surface area (Å²) in [5.41, 5.74) is 7.75. The van der Waals surface area contributed by atoms with Gasteiger partial charge in [0, 0.05) is 0 Å². The van der Waals surface area contributed by atoms with Crippen molar-refractivity contribution in [1.29, 1.82) is 0 Å². The summed E-state index contributed by atoms with van der Waals surface area (Å²) in [6, 6.07) is 2.86. The summed E-state index contributed by atoms with van der Waals surface area (Å²) in [5.74, 6) is 1.32. The molecule has 90 valence electrons. The van der Waals surface area contributed by atoms with Crippen molar-refractivity contribution in [3.05, 3.63) is 22.2 Å². The van der Waals surface area contributed by atoms with Crippen LogP contribution in [-0.2, 0) is 0 Å². The molecule has 1 heterocycles. The van der Waals surface area contributed by atoms with Gasteiger partial charge in [-0.15, -0.1) is 0 Å². The van der Waals surface area contributed by atoms with Gasteiger partial charge < -0.3 is 15.2 Å². The average Bonchev–Trinajstić information content (AvgIpc) is 2.28. The molecule has 0 aromatic heterocycles. The van der Waals surface area contributed by atoms with Gasteiger partial charge in [0.25, 0.3) is 0 Å². The average molecular weight is 300 g/mol. The van der Waals surface area contributed by atoms with Crippen molar-refractivity contribution >= 4 is 28.2 Å². The zero-order chi connectivity index (χ0) is 12.3. The van der Waals surface area contributed by atoms with Gasteiger partial charge in [-0.2, -0.15) is 5.10 Å². The van der Waals surface area contributed by atoms with Crippen LogP contribution in [0, 0.1) is 0 Å². The third-order valence-electron chi connectivity index (χ3n) is 2.01. The Kier molecular flexibility index (Phi) is 3.48. The summed E-state index contributed by atoms with van der Waals surface area (Å²) in [7, 11) is 0. The molecule has 2 amide bonds. The molecule has 0 saturated carbocycles. The zero-order valence-corrected chi connectivity index (χ0v) is 10.4. The predicted molar refractivity (Wildman–Crippen MR) is 65.4 cm³/mol. The normalized spacial score (nSPS) is 13.7. The highest BCUT2D eigenvalue weighted by atomic mass is 79.9. The minimum Gasteiger partial charge on any atom is -0.486 e. The lowest BCUT2D eigenvalue weighted by Gasteiger charge is -2.19. The maximum absolute atomic E-state index is 10.4. The van der Waals surface area contributed by atoms with Crippen LogP contribution in [-0.4, -0.2) is 25.5 Å². The second-order valence-electron chi connectivity index (χ2n) is 3.26. The number of benzene rings is 1. The van der Waals surface area contributed by atoms with Crippen molar-refractivity contribution in [3.8, 4) is 11.5 Å². The van der Waals surface area contributed by atoms with Crippen molar-refractivity contribution in [3.63, 3.8) is 0 Å². The molecule has 0 fully saturated rings. The number of rotatable bonds is 2. The Hall–Kier alpha value is -1.76. The van der Waals surface area contributed by atoms with Crippen LogP contribution < -0.4 is 20.6 Å². The standard InChI is InChI=1S/C10H10BrN3O3/c11-7-3-6(5-13-14-10(12)15)4-8-9(7)17-2-1-16-8/h3-5H,1-2H2,(H3,12,14,15). The molecule has 6 nitrogen and oxygen atoms in total. The van der Waals surface area contributed by atoms with E-state index < -0.39 is 6.03 Å². The highest BCUT2D eigenvalue weighted by Gasteiger charge is 2.15. The Morgan fingerprint density at radius 1 is 1.47 bits per heavy atom. The summed E-state index contributed by atoms with van der Waals surface area (Å²) in [5, 5.41) is 3.66. The zero-order valence-electron chi connectivity index (χ0n) is 8.77. The van der Waals surface area contributed by atoms with Gasteiger partial charge in [0.15, 0.2) is 11.5 Å². The van der Waals surface area contributed by atoms with Crippen LogP contribution in [0.15, 0.2) is 21.7 Å². The van der Waals surface area contributed by atoms with Gasteiger partial charge >= 0.3 is 6.03 Å². The first-order valence-electron chi connectivity index (χ1n) is 4.84. The summed E-state index contributed by atoms with van der Waals surface area (Å²) >= 11 is 3.37. The van der Waals surface area contributed by atoms with E-state index in [2.05, 4.69) is 26.5 Å². The van der Waals surface area contributed by atoms with Crippen LogP contribution >= 0.6 is 15.9 Å². The van der Waals surface area contributed by atoms with E-state index in [0.29, 0.717) is 24.7 Å². The number of nitrogens with zero attached hydrogens (tertiary/aromatic N) is 1. The molecule has 2 rings (SSSR count). The van der Waals surface area contributed by atoms with Gasteiger partial charge in [0.1, 0.15) is 13.2 Å². The number of carbonyl (C=O) groups is 1. The molecular formula is C10H10BrN3O3. The summed E-state index contributed by atoms with van der Waals surface area (Å²) in [6.07, 6.45) is 1.47. The Balaban J connectivity index is 2.22. The van der Waals surface area contributed by atoms with E-state index in [-0.39, 0.29) is 0 Å². The van der Waals surface area contributed by atoms with E-state index in [9.17, 15) is 4.79 Å². The molecule has 0 saturated heterocycles. The number of nitrogens with one attached hydrogen (secondary N) is 1. The number of urea groups is 1. The van der Waals surface area contributed by atoms with Crippen molar-refractivity contribution in [2.24, 2.45) is 10.8 Å². The minimum absolute atomic E-state index is 0.513. The summed E-state index contributed by atoms with van der Waals surface area (Å²) in [6.45, 7) is 1.04. The lowest BCUT2D eigenvalue weighted by atomic mass is 10.2. The molecule has 1 aromatic carbocycles. The molecule has 1 aromatic rings. The topological polar surface area (TPSA) is 85.9 Å².